The first-order valence-electron chi connectivity index (χ1n) is 7.74. The van der Waals surface area contributed by atoms with Crippen LogP contribution in [-0.4, -0.2) is 43.3 Å². The predicted octanol–water partition coefficient (Wildman–Crippen LogP) is 2.89. The first-order chi connectivity index (χ1) is 8.71. The Morgan fingerprint density at radius 2 is 1.95 bits per heavy atom. The first-order valence-corrected chi connectivity index (χ1v) is 7.74. The van der Waals surface area contributed by atoms with Crippen LogP contribution in [0, 0.1) is 11.3 Å². The molecule has 0 spiro atoms. The van der Waals surface area contributed by atoms with Crippen LogP contribution in [-0.2, 0) is 4.74 Å². The van der Waals surface area contributed by atoms with Gasteiger partial charge in [0.25, 0.3) is 0 Å². The summed E-state index contributed by atoms with van der Waals surface area (Å²) < 4.78 is 5.69. The van der Waals surface area contributed by atoms with Crippen LogP contribution in [0.2, 0.25) is 0 Å². The highest BCUT2D eigenvalue weighted by Crippen LogP contribution is 2.45. The lowest BCUT2D eigenvalue weighted by atomic mass is 9.63. The Kier molecular flexibility index (Phi) is 5.84. The molecule has 0 saturated heterocycles. The van der Waals surface area contributed by atoms with Crippen molar-refractivity contribution in [1.29, 1.82) is 0 Å². The van der Waals surface area contributed by atoms with Gasteiger partial charge in [0.1, 0.15) is 0 Å². The zero-order chi connectivity index (χ0) is 14.7. The maximum absolute atomic E-state index is 6.17. The molecule has 2 atom stereocenters. The van der Waals surface area contributed by atoms with Crippen molar-refractivity contribution < 1.29 is 4.74 Å². The smallest absolute Gasteiger partial charge is 0.0597 e. The van der Waals surface area contributed by atoms with E-state index in [2.05, 4.69) is 46.6 Å². The highest BCUT2D eigenvalue weighted by Gasteiger charge is 2.44. The molecule has 19 heavy (non-hydrogen) atoms. The van der Waals surface area contributed by atoms with Gasteiger partial charge in [-0.2, -0.15) is 0 Å². The molecule has 0 aromatic heterocycles. The Bertz CT molecular complexity index is 278. The van der Waals surface area contributed by atoms with Crippen molar-refractivity contribution in [2.45, 2.75) is 65.5 Å². The zero-order valence-corrected chi connectivity index (χ0v) is 13.8. The average molecular weight is 270 g/mol. The van der Waals surface area contributed by atoms with E-state index in [0.717, 1.165) is 25.6 Å². The molecule has 1 aliphatic carbocycles. The fourth-order valence-corrected chi connectivity index (χ4v) is 3.96. The quantitative estimate of drug-likeness (QED) is 0.806. The summed E-state index contributed by atoms with van der Waals surface area (Å²) in [6.45, 7) is 13.8. The normalized spacial score (nSPS) is 31.1. The van der Waals surface area contributed by atoms with Crippen LogP contribution in [0.4, 0.5) is 0 Å². The van der Waals surface area contributed by atoms with Gasteiger partial charge >= 0.3 is 0 Å². The number of ether oxygens (including phenoxy) is 1. The minimum Gasteiger partial charge on any atom is -0.377 e. The lowest BCUT2D eigenvalue weighted by molar-refractivity contribution is -0.0189. The Morgan fingerprint density at radius 1 is 1.32 bits per heavy atom. The molecule has 0 aromatic carbocycles. The number of nitrogens with zero attached hydrogens (tertiary/aromatic N) is 1. The molecule has 1 rings (SSSR count). The monoisotopic (exact) mass is 270 g/mol. The SMILES string of the molecule is CC1CC(C)(C)CC(CN)(N(C)CCOC(C)C)C1. The van der Waals surface area contributed by atoms with E-state index in [1.165, 1.54) is 19.3 Å². The largest absolute Gasteiger partial charge is 0.377 e. The summed E-state index contributed by atoms with van der Waals surface area (Å²) in [5, 5.41) is 0. The van der Waals surface area contributed by atoms with Gasteiger partial charge in [0.15, 0.2) is 0 Å². The van der Waals surface area contributed by atoms with Gasteiger partial charge in [-0.05, 0) is 51.5 Å². The van der Waals surface area contributed by atoms with Crippen LogP contribution in [0.3, 0.4) is 0 Å². The first kappa shape index (κ1) is 16.9. The van der Waals surface area contributed by atoms with Gasteiger partial charge in [-0.1, -0.05) is 20.8 Å². The maximum atomic E-state index is 6.17. The van der Waals surface area contributed by atoms with Crippen molar-refractivity contribution in [2.24, 2.45) is 17.1 Å². The molecular weight excluding hydrogens is 236 g/mol. The van der Waals surface area contributed by atoms with E-state index in [1.54, 1.807) is 0 Å². The van der Waals surface area contributed by atoms with E-state index >= 15 is 0 Å². The Labute approximate surface area is 119 Å². The van der Waals surface area contributed by atoms with E-state index in [1.807, 2.05) is 0 Å². The minimum atomic E-state index is 0.154. The number of hydrogen-bond donors (Lipinski definition) is 1. The van der Waals surface area contributed by atoms with Crippen molar-refractivity contribution in [3.63, 3.8) is 0 Å². The van der Waals surface area contributed by atoms with Crippen molar-refractivity contribution >= 4 is 0 Å². The van der Waals surface area contributed by atoms with Crippen LogP contribution < -0.4 is 5.73 Å². The Morgan fingerprint density at radius 3 is 2.42 bits per heavy atom. The topological polar surface area (TPSA) is 38.5 Å². The fraction of sp³-hybridized carbons (Fsp3) is 1.00. The molecule has 2 unspecified atom stereocenters. The standard InChI is InChI=1S/C16H34N2O/c1-13(2)19-8-7-18(6)16(12-17)10-14(3)9-15(4,5)11-16/h13-14H,7-12,17H2,1-6H3. The average Bonchev–Trinajstić information content (AvgIpc) is 2.25. The highest BCUT2D eigenvalue weighted by molar-refractivity contribution is 5.00. The maximum Gasteiger partial charge on any atom is 0.0597 e. The van der Waals surface area contributed by atoms with Gasteiger partial charge < -0.3 is 10.5 Å². The second kappa shape index (κ2) is 6.55. The van der Waals surface area contributed by atoms with Crippen molar-refractivity contribution in [3.05, 3.63) is 0 Å². The van der Waals surface area contributed by atoms with E-state index in [9.17, 15) is 0 Å². The molecule has 1 saturated carbocycles. The highest BCUT2D eigenvalue weighted by atomic mass is 16.5. The summed E-state index contributed by atoms with van der Waals surface area (Å²) in [6.07, 6.45) is 4.03. The number of rotatable bonds is 6. The molecule has 1 fully saturated rings. The van der Waals surface area contributed by atoms with Crippen molar-refractivity contribution in [1.82, 2.24) is 4.90 Å². The summed E-state index contributed by atoms with van der Waals surface area (Å²) in [7, 11) is 2.21. The second-order valence-electron chi connectivity index (χ2n) is 7.62. The lowest BCUT2D eigenvalue weighted by Crippen LogP contribution is -2.58. The summed E-state index contributed by atoms with van der Waals surface area (Å²) in [5.74, 6) is 0.751. The van der Waals surface area contributed by atoms with E-state index < -0.39 is 0 Å². The van der Waals surface area contributed by atoms with Crippen molar-refractivity contribution in [3.8, 4) is 0 Å². The fourth-order valence-electron chi connectivity index (χ4n) is 3.96. The van der Waals surface area contributed by atoms with Gasteiger partial charge in [0.2, 0.25) is 0 Å². The molecule has 0 bridgehead atoms. The van der Waals surface area contributed by atoms with Crippen molar-refractivity contribution in [2.75, 3.05) is 26.7 Å². The molecule has 3 heteroatoms. The Hall–Kier alpha value is -0.120. The van der Waals surface area contributed by atoms with Crippen LogP contribution in [0.15, 0.2) is 0 Å². The van der Waals surface area contributed by atoms with Crippen LogP contribution >= 0.6 is 0 Å². The van der Waals surface area contributed by atoms with E-state index in [-0.39, 0.29) is 5.54 Å². The van der Waals surface area contributed by atoms with Gasteiger partial charge in [-0.25, -0.2) is 0 Å². The van der Waals surface area contributed by atoms with Crippen LogP contribution in [0.5, 0.6) is 0 Å². The molecule has 0 aliphatic heterocycles. The molecular formula is C16H34N2O. The van der Waals surface area contributed by atoms with Gasteiger partial charge in [0.05, 0.1) is 12.7 Å². The molecule has 2 N–H and O–H groups in total. The summed E-state index contributed by atoms with van der Waals surface area (Å²) in [5.41, 5.74) is 6.72. The molecule has 0 heterocycles. The van der Waals surface area contributed by atoms with Gasteiger partial charge in [-0.3, -0.25) is 4.90 Å². The molecule has 1 aliphatic rings. The molecule has 0 radical (unpaired) electrons. The van der Waals surface area contributed by atoms with Crippen LogP contribution in [0.25, 0.3) is 0 Å². The van der Waals surface area contributed by atoms with E-state index in [4.69, 9.17) is 10.5 Å². The summed E-state index contributed by atoms with van der Waals surface area (Å²) >= 11 is 0. The zero-order valence-electron chi connectivity index (χ0n) is 13.8. The minimum absolute atomic E-state index is 0.154. The van der Waals surface area contributed by atoms with Gasteiger partial charge in [0, 0.05) is 18.6 Å². The van der Waals surface area contributed by atoms with Gasteiger partial charge in [-0.15, -0.1) is 0 Å². The Balaban J connectivity index is 2.67. The number of hydrogen-bond acceptors (Lipinski definition) is 3. The summed E-state index contributed by atoms with van der Waals surface area (Å²) in [4.78, 5) is 2.45. The third-order valence-electron chi connectivity index (χ3n) is 4.50. The molecule has 0 amide bonds. The van der Waals surface area contributed by atoms with E-state index in [0.29, 0.717) is 11.5 Å². The number of nitrogens with two attached hydrogens (primary N) is 1. The second-order valence-corrected chi connectivity index (χ2v) is 7.62. The molecule has 114 valence electrons. The molecule has 0 aromatic rings. The molecule has 3 nitrogen and oxygen atoms in total. The lowest BCUT2D eigenvalue weighted by Gasteiger charge is -2.52. The third kappa shape index (κ3) is 4.73. The number of likely N-dealkylation sites (N-methyl/N-ethyl adjacent to an activating group) is 1. The third-order valence-corrected chi connectivity index (χ3v) is 4.50. The summed E-state index contributed by atoms with van der Waals surface area (Å²) in [6, 6.07) is 0. The predicted molar refractivity (Wildman–Crippen MR) is 82.3 cm³/mol. The van der Waals surface area contributed by atoms with Crippen LogP contribution in [0.1, 0.15) is 53.9 Å².